The van der Waals surface area contributed by atoms with Crippen molar-refractivity contribution in [1.82, 2.24) is 19.2 Å². The number of carbonyl (C=O) groups is 1. The molecule has 0 saturated heterocycles. The zero-order valence-corrected chi connectivity index (χ0v) is 15.5. The molecule has 0 bridgehead atoms. The second-order valence-electron chi connectivity index (χ2n) is 6.40. The highest BCUT2D eigenvalue weighted by Gasteiger charge is 2.15. The average Bonchev–Trinajstić information content (AvgIpc) is 2.99. The molecular weight excluding hydrogens is 375 g/mol. The molecule has 0 atom stereocenters. The number of hydrogen-bond acceptors (Lipinski definition) is 5. The van der Waals surface area contributed by atoms with E-state index in [2.05, 4.69) is 20.7 Å². The third-order valence-electron chi connectivity index (χ3n) is 4.15. The van der Waals surface area contributed by atoms with Gasteiger partial charge in [0, 0.05) is 23.1 Å². The lowest BCUT2D eigenvalue weighted by molar-refractivity contribution is -0.117. The molecule has 29 heavy (non-hydrogen) atoms. The fourth-order valence-corrected chi connectivity index (χ4v) is 2.86. The maximum absolute atomic E-state index is 13.0. The lowest BCUT2D eigenvalue weighted by atomic mass is 10.3. The van der Waals surface area contributed by atoms with Crippen molar-refractivity contribution in [3.05, 3.63) is 82.7 Å². The Morgan fingerprint density at radius 3 is 2.52 bits per heavy atom. The van der Waals surface area contributed by atoms with Gasteiger partial charge in [-0.05, 0) is 43.3 Å². The van der Waals surface area contributed by atoms with E-state index in [0.29, 0.717) is 23.0 Å². The van der Waals surface area contributed by atoms with E-state index in [1.807, 2.05) is 30.3 Å². The lowest BCUT2D eigenvalue weighted by Crippen LogP contribution is -2.29. The van der Waals surface area contributed by atoms with Crippen LogP contribution in [0.5, 0.6) is 0 Å². The van der Waals surface area contributed by atoms with Gasteiger partial charge in [0.1, 0.15) is 12.4 Å². The number of amides is 1. The van der Waals surface area contributed by atoms with Gasteiger partial charge in [0.2, 0.25) is 11.9 Å². The second-order valence-corrected chi connectivity index (χ2v) is 6.40. The molecule has 146 valence electrons. The van der Waals surface area contributed by atoms with E-state index in [9.17, 15) is 14.0 Å². The molecule has 0 saturated carbocycles. The molecule has 0 spiro atoms. The molecular formula is C20H17FN6O2. The van der Waals surface area contributed by atoms with Gasteiger partial charge in [-0.2, -0.15) is 0 Å². The number of anilines is 3. The van der Waals surface area contributed by atoms with Crippen molar-refractivity contribution in [2.45, 2.75) is 13.5 Å². The molecule has 0 aliphatic heterocycles. The van der Waals surface area contributed by atoms with E-state index in [1.165, 1.54) is 28.7 Å². The Balaban J connectivity index is 1.63. The fraction of sp³-hybridized carbons (Fsp3) is 0.100. The lowest BCUT2D eigenvalue weighted by Gasteiger charge is -2.07. The number of para-hydroxylation sites is 1. The minimum Gasteiger partial charge on any atom is -0.325 e. The van der Waals surface area contributed by atoms with E-state index in [1.54, 1.807) is 13.0 Å². The van der Waals surface area contributed by atoms with Gasteiger partial charge in [0.15, 0.2) is 5.65 Å². The molecule has 8 nitrogen and oxygen atoms in total. The first-order valence-corrected chi connectivity index (χ1v) is 8.84. The van der Waals surface area contributed by atoms with Crippen LogP contribution < -0.4 is 16.3 Å². The highest BCUT2D eigenvalue weighted by molar-refractivity contribution is 5.90. The molecule has 4 aromatic rings. The van der Waals surface area contributed by atoms with Crippen molar-refractivity contribution in [2.75, 3.05) is 10.6 Å². The molecule has 4 rings (SSSR count). The van der Waals surface area contributed by atoms with E-state index in [-0.39, 0.29) is 6.54 Å². The summed E-state index contributed by atoms with van der Waals surface area (Å²) in [6.45, 7) is 1.50. The summed E-state index contributed by atoms with van der Waals surface area (Å²) in [6.07, 6.45) is 0. The zero-order valence-electron chi connectivity index (χ0n) is 15.5. The monoisotopic (exact) mass is 392 g/mol. The van der Waals surface area contributed by atoms with Crippen LogP contribution in [0.15, 0.2) is 65.5 Å². The summed E-state index contributed by atoms with van der Waals surface area (Å²) in [7, 11) is 0. The maximum Gasteiger partial charge on any atom is 0.353 e. The van der Waals surface area contributed by atoms with Crippen LogP contribution >= 0.6 is 0 Å². The number of fused-ring (bicyclic) bond motifs is 1. The Labute approximate surface area is 164 Å². The van der Waals surface area contributed by atoms with Gasteiger partial charge < -0.3 is 10.6 Å². The van der Waals surface area contributed by atoms with Crippen LogP contribution in [0.3, 0.4) is 0 Å². The minimum absolute atomic E-state index is 0.290. The summed E-state index contributed by atoms with van der Waals surface area (Å²) in [5.74, 6) is -0.549. The molecule has 9 heteroatoms. The summed E-state index contributed by atoms with van der Waals surface area (Å²) in [5, 5.41) is 9.95. The van der Waals surface area contributed by atoms with Crippen LogP contribution in [0, 0.1) is 12.7 Å². The number of nitrogens with one attached hydrogen (secondary N) is 2. The van der Waals surface area contributed by atoms with Crippen molar-refractivity contribution in [2.24, 2.45) is 0 Å². The summed E-state index contributed by atoms with van der Waals surface area (Å²) >= 11 is 0. The van der Waals surface area contributed by atoms with Gasteiger partial charge in [-0.3, -0.25) is 4.79 Å². The number of rotatable bonds is 5. The van der Waals surface area contributed by atoms with Crippen LogP contribution in [0.25, 0.3) is 5.65 Å². The number of hydrogen-bond donors (Lipinski definition) is 2. The topological polar surface area (TPSA) is 93.3 Å². The summed E-state index contributed by atoms with van der Waals surface area (Å²) in [4.78, 5) is 29.5. The summed E-state index contributed by atoms with van der Waals surface area (Å²) in [6, 6.07) is 16.3. The molecule has 0 fully saturated rings. The highest BCUT2D eigenvalue weighted by Crippen LogP contribution is 2.15. The van der Waals surface area contributed by atoms with E-state index < -0.39 is 17.4 Å². The van der Waals surface area contributed by atoms with Crippen molar-refractivity contribution in [1.29, 1.82) is 0 Å². The first-order chi connectivity index (χ1) is 14.0. The number of benzene rings is 2. The van der Waals surface area contributed by atoms with Gasteiger partial charge in [-0.25, -0.2) is 23.3 Å². The second kappa shape index (κ2) is 7.55. The van der Waals surface area contributed by atoms with Crippen molar-refractivity contribution < 1.29 is 9.18 Å². The Morgan fingerprint density at radius 2 is 1.79 bits per heavy atom. The Morgan fingerprint density at radius 1 is 1.07 bits per heavy atom. The van der Waals surface area contributed by atoms with E-state index in [0.717, 1.165) is 10.4 Å². The molecule has 0 aliphatic carbocycles. The predicted octanol–water partition coefficient (Wildman–Crippen LogP) is 2.72. The number of aromatic nitrogens is 4. The Kier molecular flexibility index (Phi) is 4.78. The molecule has 2 aromatic heterocycles. The predicted molar refractivity (Wildman–Crippen MR) is 107 cm³/mol. The van der Waals surface area contributed by atoms with Gasteiger partial charge >= 0.3 is 5.69 Å². The van der Waals surface area contributed by atoms with Crippen molar-refractivity contribution in [3.63, 3.8) is 0 Å². The molecule has 2 heterocycles. The average molecular weight is 392 g/mol. The van der Waals surface area contributed by atoms with Gasteiger partial charge in [-0.15, -0.1) is 5.10 Å². The number of nitrogens with zero attached hydrogens (tertiary/aromatic N) is 4. The molecule has 2 N–H and O–H groups in total. The SMILES string of the molecule is Cc1cc2nn(CC(=O)Nc3ccc(F)cc3)c(=O)n2c(Nc2ccccc2)n1. The first-order valence-electron chi connectivity index (χ1n) is 8.84. The molecule has 2 aromatic carbocycles. The number of carbonyl (C=O) groups excluding carboxylic acids is 1. The van der Waals surface area contributed by atoms with Crippen molar-refractivity contribution in [3.8, 4) is 0 Å². The molecule has 0 radical (unpaired) electrons. The van der Waals surface area contributed by atoms with Crippen LogP contribution in [0.2, 0.25) is 0 Å². The first kappa shape index (κ1) is 18.4. The third kappa shape index (κ3) is 3.98. The normalized spacial score (nSPS) is 10.8. The van der Waals surface area contributed by atoms with Crippen LogP contribution in [-0.2, 0) is 11.3 Å². The smallest absolute Gasteiger partial charge is 0.325 e. The van der Waals surface area contributed by atoms with E-state index in [4.69, 9.17) is 0 Å². The third-order valence-corrected chi connectivity index (χ3v) is 4.15. The standard InChI is InChI=1S/C20H17FN6O2/c1-13-11-17-25-26(12-18(28)23-16-9-7-14(21)8-10-16)20(29)27(17)19(22-13)24-15-5-3-2-4-6-15/h2-11H,12H2,1H3,(H,22,24)(H,23,28). The van der Waals surface area contributed by atoms with Gasteiger partial charge in [-0.1, -0.05) is 18.2 Å². The van der Waals surface area contributed by atoms with Gasteiger partial charge in [0.05, 0.1) is 0 Å². The van der Waals surface area contributed by atoms with E-state index >= 15 is 0 Å². The Hall–Kier alpha value is -4.01. The fourth-order valence-electron chi connectivity index (χ4n) is 2.86. The molecule has 0 unspecified atom stereocenters. The maximum atomic E-state index is 13.0. The molecule has 0 aliphatic rings. The minimum atomic E-state index is -0.500. The van der Waals surface area contributed by atoms with Crippen molar-refractivity contribution >= 4 is 28.9 Å². The van der Waals surface area contributed by atoms with Crippen LogP contribution in [-0.4, -0.2) is 25.1 Å². The quantitative estimate of drug-likeness (QED) is 0.545. The number of halogens is 1. The highest BCUT2D eigenvalue weighted by atomic mass is 19.1. The largest absolute Gasteiger partial charge is 0.353 e. The number of aryl methyl sites for hydroxylation is 1. The summed E-state index contributed by atoms with van der Waals surface area (Å²) in [5.41, 5.74) is 1.73. The van der Waals surface area contributed by atoms with Crippen LogP contribution in [0.1, 0.15) is 5.69 Å². The van der Waals surface area contributed by atoms with Crippen LogP contribution in [0.4, 0.5) is 21.7 Å². The Bertz CT molecular complexity index is 1230. The molecule has 1 amide bonds. The zero-order chi connectivity index (χ0) is 20.4. The van der Waals surface area contributed by atoms with Gasteiger partial charge in [0.25, 0.3) is 0 Å². The summed E-state index contributed by atoms with van der Waals surface area (Å²) < 4.78 is 15.4.